The summed E-state index contributed by atoms with van der Waals surface area (Å²) in [6.45, 7) is 11.0. The number of anilines is 3. The summed E-state index contributed by atoms with van der Waals surface area (Å²) < 4.78 is 83.9. The molecule has 0 aliphatic carbocycles. The number of carbonyl (C=O) groups is 3. The first-order valence-corrected chi connectivity index (χ1v) is 39.6. The van der Waals surface area contributed by atoms with Crippen LogP contribution in [-0.4, -0.2) is 205 Å². The molecule has 9 aromatic heterocycles. The predicted molar refractivity (Wildman–Crippen MR) is 444 cm³/mol. The molecule has 3 saturated heterocycles. The molecule has 33 heteroatoms. The number of amides is 6. The Morgan fingerprint density at radius 3 is 1.18 bits per heavy atom. The summed E-state index contributed by atoms with van der Waals surface area (Å²) in [5.74, 6) is 0.972. The molecule has 0 bridgehead atoms. The number of hydrogen-bond donors (Lipinski definition) is 9. The van der Waals surface area contributed by atoms with Gasteiger partial charge in [-0.2, -0.15) is 0 Å². The summed E-state index contributed by atoms with van der Waals surface area (Å²) in [6.07, 6.45) is 13.0. The molecule has 30 nitrogen and oxygen atoms in total. The first kappa shape index (κ1) is 71.3. The summed E-state index contributed by atoms with van der Waals surface area (Å²) >= 11 is 4.01. The van der Waals surface area contributed by atoms with Gasteiger partial charge in [0.1, 0.15) is 18.3 Å². The van der Waals surface area contributed by atoms with E-state index in [4.69, 9.17) is 40.4 Å². The number of morpholine rings is 3. The number of aromatic nitrogens is 12. The third kappa shape index (κ3) is 20.9. The second-order valence-electron chi connectivity index (χ2n) is 27.3. The highest BCUT2D eigenvalue weighted by Crippen LogP contribution is 2.42. The Labute approximate surface area is 683 Å². The fourth-order valence-electron chi connectivity index (χ4n) is 12.9. The van der Waals surface area contributed by atoms with Crippen molar-refractivity contribution in [1.82, 2.24) is 90.5 Å². The molecule has 0 saturated carbocycles. The third-order valence-corrected chi connectivity index (χ3v) is 21.2. The van der Waals surface area contributed by atoms with Crippen molar-refractivity contribution < 1.29 is 54.9 Å². The maximum Gasteiger partial charge on any atom is 0.321 e. The highest BCUT2D eigenvalue weighted by molar-refractivity contribution is 7.23. The van der Waals surface area contributed by atoms with Crippen molar-refractivity contribution in [3.63, 3.8) is 0 Å². The van der Waals surface area contributed by atoms with E-state index in [1.807, 2.05) is 50.5 Å². The van der Waals surface area contributed by atoms with E-state index in [2.05, 4.69) is 131 Å². The summed E-state index contributed by atoms with van der Waals surface area (Å²) in [5, 5.41) is 47.2. The van der Waals surface area contributed by atoms with Crippen LogP contribution in [0.3, 0.4) is 0 Å². The normalized spacial score (nSPS) is 19.7. The van der Waals surface area contributed by atoms with E-state index < -0.39 is 57.0 Å². The van der Waals surface area contributed by atoms with E-state index in [1.54, 1.807) is 83.1 Å². The number of fused-ring (bicyclic) bond motifs is 3. The zero-order chi connectivity index (χ0) is 87.1. The van der Waals surface area contributed by atoms with Crippen LogP contribution in [0, 0.1) is 0 Å². The van der Waals surface area contributed by atoms with Crippen molar-refractivity contribution in [3.8, 4) is 67.2 Å². The fraction of sp³-hybridized carbons (Fsp3) is 0.370. The topological polar surface area (TPSA) is 376 Å². The predicted octanol–water partition coefficient (Wildman–Crippen LogP) is 12.7. The number of hydrogen-bond acceptors (Lipinski definition) is 27. The number of pyridine rings is 3. The first-order chi connectivity index (χ1) is 58.2. The zero-order valence-corrected chi connectivity index (χ0v) is 66.5. The minimum absolute atomic E-state index is 0.196. The number of carbonyl (C=O) groups excluding carboxylic acids is 3. The Balaban J connectivity index is 0.000000158. The second kappa shape index (κ2) is 38.1. The highest BCUT2D eigenvalue weighted by atomic mass is 32.1. The smallest absolute Gasteiger partial charge is 0.321 e. The van der Waals surface area contributed by atoms with E-state index in [-0.39, 0.29) is 30.1 Å². The van der Waals surface area contributed by atoms with Gasteiger partial charge in [-0.1, -0.05) is 34.0 Å². The Hall–Kier alpha value is -10.5. The van der Waals surface area contributed by atoms with Crippen molar-refractivity contribution in [2.45, 2.75) is 119 Å². The third-order valence-electron chi connectivity index (χ3n) is 18.2. The van der Waals surface area contributed by atoms with Gasteiger partial charge in [0.15, 0.2) is 32.9 Å². The van der Waals surface area contributed by atoms with E-state index in [0.29, 0.717) is 95.8 Å². The van der Waals surface area contributed by atoms with E-state index in [9.17, 15) is 29.7 Å². The molecule has 594 valence electrons. The monoisotopic (exact) mass is 1610 g/mol. The molecule has 0 spiro atoms. The summed E-state index contributed by atoms with van der Waals surface area (Å²) in [7, 11) is 0. The van der Waals surface area contributed by atoms with Gasteiger partial charge in [0.05, 0.1) is 91.8 Å². The SMILES string of the molecule is CCNC(=O)Nc1nc2cc(-c3cnc(C(C)O)nc3)cc(-c3cc(CN4CCOCC4C)ccn3)c2s1.CCNC(=O)Nc1nc2cc(-c3cnc(C(C)O)nc3)cc(-c3cc(CN4C[C@@H](C)O[C@@H](C)C4)ccn3)c2s1.[2H]C1([2H])OC([2H])([2H])C([2H])([2H])N(Cc2ccnc(-c3cc(-c4cnc(C(C)O)nc4)cc4nc(NC(=O)NCC)sc34)c2)C1([2H])[2H]. The van der Waals surface area contributed by atoms with Gasteiger partial charge in [0.2, 0.25) is 0 Å². The number of aliphatic hydroxyl groups excluding tert-OH is 3. The molecule has 15 rings (SSSR count). The molecule has 0 radical (unpaired) electrons. The molecule has 3 aromatic carbocycles. The Morgan fingerprint density at radius 1 is 0.482 bits per heavy atom. The minimum atomic E-state index is -3.17. The molecule has 3 fully saturated rings. The van der Waals surface area contributed by atoms with E-state index in [1.165, 1.54) is 46.3 Å². The number of ether oxygens (including phenoxy) is 3. The van der Waals surface area contributed by atoms with Crippen LogP contribution in [0.2, 0.25) is 0 Å². The lowest BCUT2D eigenvalue weighted by Gasteiger charge is -2.35. The Bertz CT molecular complexity index is 5690. The van der Waals surface area contributed by atoms with Crippen LogP contribution in [0.25, 0.3) is 97.8 Å². The van der Waals surface area contributed by atoms with Crippen molar-refractivity contribution in [1.29, 1.82) is 0 Å². The Morgan fingerprint density at radius 2 is 0.833 bits per heavy atom. The molecule has 3 aliphatic rings. The van der Waals surface area contributed by atoms with E-state index >= 15 is 0 Å². The second-order valence-corrected chi connectivity index (χ2v) is 30.3. The molecule has 12 heterocycles. The van der Waals surface area contributed by atoms with Crippen LogP contribution >= 0.6 is 34.0 Å². The number of aliphatic hydroxyl groups is 3. The van der Waals surface area contributed by atoms with Crippen LogP contribution in [0.4, 0.5) is 29.8 Å². The maximum absolute atomic E-state index is 12.2. The van der Waals surface area contributed by atoms with Gasteiger partial charge in [-0.15, -0.1) is 0 Å². The molecule has 12 aromatic rings. The largest absolute Gasteiger partial charge is 0.385 e. The average Bonchev–Trinajstić information content (AvgIpc) is 0.919. The first-order valence-electron chi connectivity index (χ1n) is 41.2. The highest BCUT2D eigenvalue weighted by Gasteiger charge is 2.26. The van der Waals surface area contributed by atoms with E-state index in [0.717, 1.165) is 122 Å². The summed E-state index contributed by atoms with van der Waals surface area (Å²) in [5.41, 5.74) is 13.6. The molecule has 4 unspecified atom stereocenters. The lowest BCUT2D eigenvalue weighted by atomic mass is 10.0. The van der Waals surface area contributed by atoms with Crippen LogP contribution in [0.15, 0.2) is 129 Å². The number of benzene rings is 3. The molecule has 6 atom stereocenters. The molecule has 3 aliphatic heterocycles. The summed E-state index contributed by atoms with van der Waals surface area (Å²) in [6, 6.07) is 22.3. The van der Waals surface area contributed by atoms with Gasteiger partial charge in [-0.25, -0.2) is 59.2 Å². The number of urea groups is 3. The molecule has 6 amide bonds. The van der Waals surface area contributed by atoms with Gasteiger partial charge in [-0.3, -0.25) is 45.6 Å². The Kier molecular flexibility index (Phi) is 23.8. The lowest BCUT2D eigenvalue weighted by molar-refractivity contribution is -0.0704. The zero-order valence-electron chi connectivity index (χ0n) is 72.1. The standard InChI is InChI=1S/C28H33N7O3S.C27H31N7O3S.C26H29N7O3S/c1-5-29-27(37)34-28-33-24-10-20(21-11-31-26(18(4)36)32-12-21)9-22(25(24)39-28)23-8-19(6-7-30-23)15-35-13-16(2)38-17(3)14-35;1-4-28-26(36)33-27-32-23-11-19(20-12-30-25(17(3)35)31-13-20)10-21(24(23)38-27)22-9-18(5-6-29-22)14-34-7-8-37-15-16(34)2;1-3-27-25(35)32-26-31-22-12-18(19-13-29-24(16(2)34)30-14-19)11-20(23(22)37-26)21-10-17(4-5-28-21)15-33-6-8-36-9-7-33/h6-12,16-18,36H,5,13-15H2,1-4H3,(H2,29,33,34,37);5-6,9-13,16-17,35H,4,7-8,14-15H2,1-3H3,(H2,28,32,33,36);4-5,10-14,16,34H,3,6-9,15H2,1-2H3,(H2,27,31,32,35)/t16-,17+,18?;;/i;;6D2,7D2,8D2,9D2. The average molecular weight is 1610 g/mol. The number of rotatable bonds is 21. The van der Waals surface area contributed by atoms with Gasteiger partial charge in [0, 0.05) is 173 Å². The summed E-state index contributed by atoms with van der Waals surface area (Å²) in [4.78, 5) is 95.5. The van der Waals surface area contributed by atoms with Gasteiger partial charge in [0.25, 0.3) is 0 Å². The van der Waals surface area contributed by atoms with Crippen molar-refractivity contribution in [2.24, 2.45) is 0 Å². The number of thiazole rings is 3. The van der Waals surface area contributed by atoms with Crippen molar-refractivity contribution in [2.75, 3.05) is 94.5 Å². The van der Waals surface area contributed by atoms with Gasteiger partial charge < -0.3 is 45.5 Å². The molecular formula is C81H93N21O9S3. The quantitative estimate of drug-likeness (QED) is 0.0323. The minimum Gasteiger partial charge on any atom is -0.385 e. The van der Waals surface area contributed by atoms with Gasteiger partial charge >= 0.3 is 18.1 Å². The van der Waals surface area contributed by atoms with Crippen LogP contribution < -0.4 is 31.9 Å². The van der Waals surface area contributed by atoms with Gasteiger partial charge in [-0.05, 0) is 168 Å². The van der Waals surface area contributed by atoms with Crippen LogP contribution in [-0.2, 0) is 33.8 Å². The van der Waals surface area contributed by atoms with Crippen LogP contribution in [0.5, 0.6) is 0 Å². The van der Waals surface area contributed by atoms with Crippen molar-refractivity contribution >= 4 is 98.1 Å². The molecule has 9 N–H and O–H groups in total. The lowest BCUT2D eigenvalue weighted by Crippen LogP contribution is -2.44. The number of nitrogens with zero attached hydrogens (tertiary/aromatic N) is 15. The molecule has 114 heavy (non-hydrogen) atoms. The van der Waals surface area contributed by atoms with Crippen LogP contribution in [0.1, 0.15) is 126 Å². The number of nitrogens with one attached hydrogen (secondary N) is 6. The maximum atomic E-state index is 12.2. The fourth-order valence-corrected chi connectivity index (χ4v) is 15.8. The molecular weight excluding hydrogens is 1510 g/mol. The van der Waals surface area contributed by atoms with Crippen molar-refractivity contribution in [3.05, 3.63) is 163 Å².